The molecule has 4 nitrogen and oxygen atoms in total. The minimum Gasteiger partial charge on any atom is -0.311 e. The van der Waals surface area contributed by atoms with Crippen LogP contribution in [0.15, 0.2) is 48.5 Å². The summed E-state index contributed by atoms with van der Waals surface area (Å²) in [5.74, 6) is 0.764. The van der Waals surface area contributed by atoms with E-state index in [2.05, 4.69) is 47.4 Å². The van der Waals surface area contributed by atoms with Gasteiger partial charge in [0.25, 0.3) is 0 Å². The van der Waals surface area contributed by atoms with Gasteiger partial charge >= 0.3 is 0 Å². The minimum atomic E-state index is 0.235. The highest BCUT2D eigenvalue weighted by Crippen LogP contribution is 2.34. The molecule has 0 unspecified atom stereocenters. The number of hydrogen-bond donors (Lipinski definition) is 0. The van der Waals surface area contributed by atoms with Crippen molar-refractivity contribution in [2.24, 2.45) is 0 Å². The van der Waals surface area contributed by atoms with Crippen molar-refractivity contribution >= 4 is 33.1 Å². The molecular weight excluding hydrogens is 354 g/mol. The van der Waals surface area contributed by atoms with E-state index in [1.54, 1.807) is 0 Å². The fourth-order valence-corrected chi connectivity index (χ4v) is 5.41. The number of aromatic nitrogens is 1. The van der Waals surface area contributed by atoms with Crippen LogP contribution in [0.5, 0.6) is 0 Å². The first kappa shape index (κ1) is 16.9. The molecule has 27 heavy (non-hydrogen) atoms. The van der Waals surface area contributed by atoms with E-state index >= 15 is 0 Å². The van der Waals surface area contributed by atoms with Gasteiger partial charge in [0, 0.05) is 18.2 Å². The average molecular weight is 378 g/mol. The summed E-state index contributed by atoms with van der Waals surface area (Å²) in [5.41, 5.74) is 3.51. The Balaban J connectivity index is 1.20. The van der Waals surface area contributed by atoms with Crippen LogP contribution in [0, 0.1) is 0 Å². The topological polar surface area (TPSA) is 36.4 Å². The van der Waals surface area contributed by atoms with Gasteiger partial charge in [0.1, 0.15) is 0 Å². The summed E-state index contributed by atoms with van der Waals surface area (Å²) in [5, 5.41) is 1.26. The first-order chi connectivity index (χ1) is 13.3. The molecule has 0 bridgehead atoms. The SMILES string of the molecule is O=C(CN1CCC(c2nc3ccccc3s2)CC1)N1CCc2ccccc21. The average Bonchev–Trinajstić information content (AvgIpc) is 3.33. The molecule has 0 aliphatic carbocycles. The number of anilines is 1. The van der Waals surface area contributed by atoms with Crippen molar-refractivity contribution < 1.29 is 4.79 Å². The molecule has 5 rings (SSSR count). The lowest BCUT2D eigenvalue weighted by Gasteiger charge is -2.31. The van der Waals surface area contributed by atoms with Crippen LogP contribution in [-0.4, -0.2) is 42.0 Å². The van der Waals surface area contributed by atoms with E-state index in [4.69, 9.17) is 4.98 Å². The van der Waals surface area contributed by atoms with Crippen LogP contribution in [0.25, 0.3) is 10.2 Å². The molecule has 1 fully saturated rings. The molecule has 1 amide bonds. The van der Waals surface area contributed by atoms with E-state index in [1.165, 1.54) is 15.3 Å². The Morgan fingerprint density at radius 2 is 1.81 bits per heavy atom. The van der Waals surface area contributed by atoms with E-state index in [9.17, 15) is 4.79 Å². The maximum Gasteiger partial charge on any atom is 0.241 e. The summed E-state index contributed by atoms with van der Waals surface area (Å²) in [6.07, 6.45) is 3.15. The van der Waals surface area contributed by atoms with Crippen LogP contribution >= 0.6 is 11.3 Å². The normalized spacial score (nSPS) is 18.1. The van der Waals surface area contributed by atoms with E-state index < -0.39 is 0 Å². The largest absolute Gasteiger partial charge is 0.311 e. The number of fused-ring (bicyclic) bond motifs is 2. The van der Waals surface area contributed by atoms with Gasteiger partial charge in [0.15, 0.2) is 0 Å². The molecule has 0 radical (unpaired) electrons. The number of amides is 1. The number of piperidine rings is 1. The van der Waals surface area contributed by atoms with Crippen molar-refractivity contribution in [2.45, 2.75) is 25.2 Å². The fourth-order valence-electron chi connectivity index (χ4n) is 4.28. The van der Waals surface area contributed by atoms with Crippen LogP contribution < -0.4 is 4.90 Å². The second-order valence-electron chi connectivity index (χ2n) is 7.49. The van der Waals surface area contributed by atoms with Crippen molar-refractivity contribution in [3.05, 3.63) is 59.1 Å². The Labute approximate surface area is 163 Å². The maximum absolute atomic E-state index is 12.8. The van der Waals surface area contributed by atoms with Gasteiger partial charge in [-0.2, -0.15) is 0 Å². The maximum atomic E-state index is 12.8. The Morgan fingerprint density at radius 3 is 2.67 bits per heavy atom. The summed E-state index contributed by atoms with van der Waals surface area (Å²) in [7, 11) is 0. The van der Waals surface area contributed by atoms with Gasteiger partial charge in [-0.3, -0.25) is 9.69 Å². The van der Waals surface area contributed by atoms with Gasteiger partial charge in [-0.15, -0.1) is 11.3 Å². The van der Waals surface area contributed by atoms with Gasteiger partial charge in [-0.1, -0.05) is 30.3 Å². The lowest BCUT2D eigenvalue weighted by molar-refractivity contribution is -0.119. The molecule has 0 saturated carbocycles. The second kappa shape index (κ2) is 7.06. The highest BCUT2D eigenvalue weighted by molar-refractivity contribution is 7.18. The predicted octanol–water partition coefficient (Wildman–Crippen LogP) is 4.07. The van der Waals surface area contributed by atoms with Gasteiger partial charge < -0.3 is 4.90 Å². The lowest BCUT2D eigenvalue weighted by atomic mass is 9.97. The first-order valence-corrected chi connectivity index (χ1v) is 10.6. The summed E-state index contributed by atoms with van der Waals surface area (Å²) < 4.78 is 1.28. The Kier molecular flexibility index (Phi) is 4.42. The highest BCUT2D eigenvalue weighted by atomic mass is 32.1. The molecule has 3 heterocycles. The van der Waals surface area contributed by atoms with Crippen molar-refractivity contribution in [3.63, 3.8) is 0 Å². The molecule has 3 aromatic rings. The third-order valence-corrected chi connectivity index (χ3v) is 6.99. The van der Waals surface area contributed by atoms with E-state index in [1.807, 2.05) is 22.3 Å². The number of carbonyl (C=O) groups excluding carboxylic acids is 1. The van der Waals surface area contributed by atoms with Crippen molar-refractivity contribution in [1.29, 1.82) is 0 Å². The van der Waals surface area contributed by atoms with Crippen LogP contribution in [0.2, 0.25) is 0 Å². The van der Waals surface area contributed by atoms with Gasteiger partial charge in [-0.25, -0.2) is 4.98 Å². The molecule has 2 aromatic carbocycles. The molecule has 1 aromatic heterocycles. The summed E-state index contributed by atoms with van der Waals surface area (Å²) in [4.78, 5) is 21.9. The molecule has 2 aliphatic heterocycles. The molecule has 2 aliphatic rings. The number of para-hydroxylation sites is 2. The summed E-state index contributed by atoms with van der Waals surface area (Å²) in [6, 6.07) is 16.7. The fraction of sp³-hybridized carbons (Fsp3) is 0.364. The molecule has 0 spiro atoms. The summed E-state index contributed by atoms with van der Waals surface area (Å²) >= 11 is 1.83. The predicted molar refractivity (Wildman–Crippen MR) is 111 cm³/mol. The van der Waals surface area contributed by atoms with Crippen LogP contribution in [-0.2, 0) is 11.2 Å². The Bertz CT molecular complexity index is 941. The van der Waals surface area contributed by atoms with Gasteiger partial charge in [-0.05, 0) is 56.1 Å². The number of thiazole rings is 1. The number of nitrogens with zero attached hydrogens (tertiary/aromatic N) is 3. The molecule has 1 saturated heterocycles. The number of carbonyl (C=O) groups is 1. The first-order valence-electron chi connectivity index (χ1n) is 9.74. The number of rotatable bonds is 3. The van der Waals surface area contributed by atoms with E-state index in [0.29, 0.717) is 12.5 Å². The smallest absolute Gasteiger partial charge is 0.241 e. The monoisotopic (exact) mass is 377 g/mol. The minimum absolute atomic E-state index is 0.235. The van der Waals surface area contributed by atoms with Gasteiger partial charge in [0.05, 0.1) is 21.8 Å². The summed E-state index contributed by atoms with van der Waals surface area (Å²) in [6.45, 7) is 3.30. The van der Waals surface area contributed by atoms with Crippen molar-refractivity contribution in [3.8, 4) is 0 Å². The molecule has 0 N–H and O–H groups in total. The van der Waals surface area contributed by atoms with Gasteiger partial charge in [0.2, 0.25) is 5.91 Å². The number of hydrogen-bond acceptors (Lipinski definition) is 4. The number of benzene rings is 2. The zero-order valence-corrected chi connectivity index (χ0v) is 16.1. The Hall–Kier alpha value is -2.24. The Morgan fingerprint density at radius 1 is 1.04 bits per heavy atom. The van der Waals surface area contributed by atoms with E-state index in [-0.39, 0.29) is 5.91 Å². The third kappa shape index (κ3) is 3.26. The lowest BCUT2D eigenvalue weighted by Crippen LogP contribution is -2.42. The molecule has 0 atom stereocenters. The van der Waals surface area contributed by atoms with E-state index in [0.717, 1.165) is 50.1 Å². The second-order valence-corrected chi connectivity index (χ2v) is 8.56. The quantitative estimate of drug-likeness (QED) is 0.690. The van der Waals surface area contributed by atoms with Crippen LogP contribution in [0.1, 0.15) is 29.3 Å². The van der Waals surface area contributed by atoms with Crippen LogP contribution in [0.4, 0.5) is 5.69 Å². The zero-order chi connectivity index (χ0) is 18.2. The van der Waals surface area contributed by atoms with Crippen molar-refractivity contribution in [2.75, 3.05) is 31.1 Å². The molecule has 5 heteroatoms. The number of likely N-dealkylation sites (tertiary alicyclic amines) is 1. The third-order valence-electron chi connectivity index (χ3n) is 5.79. The highest BCUT2D eigenvalue weighted by Gasteiger charge is 2.28. The standard InChI is InChI=1S/C22H23N3OS/c26-21(25-14-11-16-5-1-3-7-19(16)25)15-24-12-9-17(10-13-24)22-23-18-6-2-4-8-20(18)27-22/h1-8,17H,9-15H2. The molecular formula is C22H23N3OS. The zero-order valence-electron chi connectivity index (χ0n) is 15.3. The molecule has 138 valence electrons. The van der Waals surface area contributed by atoms with Crippen molar-refractivity contribution in [1.82, 2.24) is 9.88 Å². The van der Waals surface area contributed by atoms with Crippen LogP contribution in [0.3, 0.4) is 0 Å².